The minimum absolute atomic E-state index is 0.0455. The van der Waals surface area contributed by atoms with Gasteiger partial charge >= 0.3 is 0 Å². The van der Waals surface area contributed by atoms with Crippen LogP contribution in [-0.4, -0.2) is 15.8 Å². The van der Waals surface area contributed by atoms with E-state index in [1.807, 2.05) is 36.4 Å². The van der Waals surface area contributed by atoms with Crippen LogP contribution in [0, 0.1) is 0 Å². The number of carbonyl (C=O) groups excluding carboxylic acids is 1. The fourth-order valence-electron chi connectivity index (χ4n) is 2.12. The zero-order chi connectivity index (χ0) is 16.9. The highest BCUT2D eigenvalue weighted by molar-refractivity contribution is 9.10. The minimum atomic E-state index is 0.0455. The van der Waals surface area contributed by atoms with E-state index in [9.17, 15) is 4.79 Å². The molecular formula is C18H15BrN4O. The van der Waals surface area contributed by atoms with E-state index in [1.54, 1.807) is 31.3 Å². The first-order chi connectivity index (χ1) is 11.6. The summed E-state index contributed by atoms with van der Waals surface area (Å²) in [6, 6.07) is 16.8. The van der Waals surface area contributed by atoms with Gasteiger partial charge < -0.3 is 10.6 Å². The van der Waals surface area contributed by atoms with Gasteiger partial charge in [0.05, 0.1) is 0 Å². The van der Waals surface area contributed by atoms with Crippen LogP contribution in [0.3, 0.4) is 0 Å². The lowest BCUT2D eigenvalue weighted by Crippen LogP contribution is -2.00. The number of ketones is 1. The molecule has 3 rings (SSSR count). The zero-order valence-corrected chi connectivity index (χ0v) is 14.5. The molecule has 0 radical (unpaired) electrons. The van der Waals surface area contributed by atoms with Crippen molar-refractivity contribution < 1.29 is 4.79 Å². The Kier molecular flexibility index (Phi) is 4.86. The molecule has 0 spiro atoms. The fraction of sp³-hybridized carbons (Fsp3) is 0.0556. The monoisotopic (exact) mass is 382 g/mol. The van der Waals surface area contributed by atoms with Crippen LogP contribution in [0.2, 0.25) is 0 Å². The Hall–Kier alpha value is -2.73. The lowest BCUT2D eigenvalue weighted by molar-refractivity contribution is 0.101. The summed E-state index contributed by atoms with van der Waals surface area (Å²) in [5, 5.41) is 6.35. The van der Waals surface area contributed by atoms with E-state index in [4.69, 9.17) is 0 Å². The van der Waals surface area contributed by atoms with E-state index >= 15 is 0 Å². The van der Waals surface area contributed by atoms with Gasteiger partial charge in [0, 0.05) is 27.6 Å². The number of aromatic nitrogens is 2. The molecule has 0 saturated heterocycles. The molecule has 0 bridgehead atoms. The number of hydrogen-bond donors (Lipinski definition) is 2. The highest BCUT2D eigenvalue weighted by Gasteiger charge is 2.03. The molecule has 2 aromatic carbocycles. The second-order valence-corrected chi connectivity index (χ2v) is 6.08. The van der Waals surface area contributed by atoms with E-state index in [0.29, 0.717) is 17.3 Å². The Morgan fingerprint density at radius 2 is 1.79 bits per heavy atom. The molecule has 0 unspecified atom stereocenters. The Labute approximate surface area is 148 Å². The van der Waals surface area contributed by atoms with Gasteiger partial charge in [-0.1, -0.05) is 22.0 Å². The fourth-order valence-corrected chi connectivity index (χ4v) is 2.52. The first-order valence-corrected chi connectivity index (χ1v) is 8.13. The summed E-state index contributed by atoms with van der Waals surface area (Å²) in [5.41, 5.74) is 2.43. The predicted molar refractivity (Wildman–Crippen MR) is 99.2 cm³/mol. The number of halogens is 1. The maximum atomic E-state index is 11.3. The molecule has 24 heavy (non-hydrogen) atoms. The van der Waals surface area contributed by atoms with Crippen molar-refractivity contribution in [3.8, 4) is 0 Å². The third kappa shape index (κ3) is 4.17. The molecule has 0 aliphatic heterocycles. The molecule has 120 valence electrons. The van der Waals surface area contributed by atoms with Gasteiger partial charge in [-0.25, -0.2) is 4.98 Å². The number of anilines is 4. The number of hydrogen-bond acceptors (Lipinski definition) is 5. The topological polar surface area (TPSA) is 66.9 Å². The molecule has 0 aliphatic rings. The van der Waals surface area contributed by atoms with Crippen molar-refractivity contribution in [3.05, 3.63) is 70.8 Å². The maximum absolute atomic E-state index is 11.3. The highest BCUT2D eigenvalue weighted by atomic mass is 79.9. The zero-order valence-electron chi connectivity index (χ0n) is 13.0. The summed E-state index contributed by atoms with van der Waals surface area (Å²) in [6.45, 7) is 1.55. The quantitative estimate of drug-likeness (QED) is 0.612. The molecule has 0 atom stereocenters. The minimum Gasteiger partial charge on any atom is -0.340 e. The van der Waals surface area contributed by atoms with Crippen LogP contribution in [0.4, 0.5) is 23.1 Å². The van der Waals surface area contributed by atoms with Crippen LogP contribution in [-0.2, 0) is 0 Å². The van der Waals surface area contributed by atoms with Crippen LogP contribution in [0.5, 0.6) is 0 Å². The molecule has 0 fully saturated rings. The maximum Gasteiger partial charge on any atom is 0.229 e. The summed E-state index contributed by atoms with van der Waals surface area (Å²) < 4.78 is 0.979. The lowest BCUT2D eigenvalue weighted by atomic mass is 10.1. The molecular weight excluding hydrogens is 368 g/mol. The number of carbonyl (C=O) groups is 1. The summed E-state index contributed by atoms with van der Waals surface area (Å²) in [7, 11) is 0. The third-order valence-corrected chi connectivity index (χ3v) is 3.79. The molecule has 3 aromatic rings. The standard InChI is InChI=1S/C18H15BrN4O/c1-12(24)13-5-7-15(8-6-13)21-17-9-10-20-18(23-17)22-16-4-2-3-14(19)11-16/h2-11H,1H3,(H2,20,21,22,23). The average Bonchev–Trinajstić information content (AvgIpc) is 2.56. The van der Waals surface area contributed by atoms with Crippen LogP contribution in [0.15, 0.2) is 65.3 Å². The molecule has 1 aromatic heterocycles. The van der Waals surface area contributed by atoms with E-state index in [-0.39, 0.29) is 5.78 Å². The second kappa shape index (κ2) is 7.23. The molecule has 0 saturated carbocycles. The molecule has 2 N–H and O–H groups in total. The van der Waals surface area contributed by atoms with Crippen molar-refractivity contribution in [1.29, 1.82) is 0 Å². The Morgan fingerprint density at radius 3 is 2.50 bits per heavy atom. The Morgan fingerprint density at radius 1 is 1.00 bits per heavy atom. The SMILES string of the molecule is CC(=O)c1ccc(Nc2ccnc(Nc3cccc(Br)c3)n2)cc1. The predicted octanol–water partition coefficient (Wildman–Crippen LogP) is 4.93. The van der Waals surface area contributed by atoms with Crippen LogP contribution in [0.25, 0.3) is 0 Å². The van der Waals surface area contributed by atoms with Crippen molar-refractivity contribution in [1.82, 2.24) is 9.97 Å². The third-order valence-electron chi connectivity index (χ3n) is 3.30. The van der Waals surface area contributed by atoms with E-state index in [0.717, 1.165) is 15.8 Å². The Bertz CT molecular complexity index is 865. The smallest absolute Gasteiger partial charge is 0.229 e. The Balaban J connectivity index is 1.74. The number of benzene rings is 2. The summed E-state index contributed by atoms with van der Waals surface area (Å²) >= 11 is 3.43. The van der Waals surface area contributed by atoms with Gasteiger partial charge in [0.15, 0.2) is 5.78 Å². The van der Waals surface area contributed by atoms with E-state index in [2.05, 4.69) is 36.5 Å². The highest BCUT2D eigenvalue weighted by Crippen LogP contribution is 2.20. The summed E-state index contributed by atoms with van der Waals surface area (Å²) in [4.78, 5) is 20.0. The van der Waals surface area contributed by atoms with Gasteiger partial charge in [0.25, 0.3) is 0 Å². The van der Waals surface area contributed by atoms with Crippen molar-refractivity contribution in [2.45, 2.75) is 6.92 Å². The van der Waals surface area contributed by atoms with Crippen LogP contribution in [0.1, 0.15) is 17.3 Å². The van der Waals surface area contributed by atoms with E-state index < -0.39 is 0 Å². The molecule has 6 heteroatoms. The largest absolute Gasteiger partial charge is 0.340 e. The summed E-state index contributed by atoms with van der Waals surface area (Å²) in [5.74, 6) is 1.21. The van der Waals surface area contributed by atoms with Gasteiger partial charge in [-0.05, 0) is 55.5 Å². The van der Waals surface area contributed by atoms with Crippen LogP contribution >= 0.6 is 15.9 Å². The molecule has 0 amide bonds. The number of nitrogens with one attached hydrogen (secondary N) is 2. The van der Waals surface area contributed by atoms with Crippen molar-refractivity contribution in [2.75, 3.05) is 10.6 Å². The number of nitrogens with zero attached hydrogens (tertiary/aromatic N) is 2. The molecule has 1 heterocycles. The van der Waals surface area contributed by atoms with Gasteiger partial charge in [-0.2, -0.15) is 4.98 Å². The first kappa shape index (κ1) is 16.1. The lowest BCUT2D eigenvalue weighted by Gasteiger charge is -2.09. The average molecular weight is 383 g/mol. The molecule has 0 aliphatic carbocycles. The van der Waals surface area contributed by atoms with Crippen molar-refractivity contribution in [3.63, 3.8) is 0 Å². The van der Waals surface area contributed by atoms with Gasteiger partial charge in [0.2, 0.25) is 5.95 Å². The van der Waals surface area contributed by atoms with E-state index in [1.165, 1.54) is 0 Å². The van der Waals surface area contributed by atoms with Gasteiger partial charge in [-0.15, -0.1) is 0 Å². The number of rotatable bonds is 5. The van der Waals surface area contributed by atoms with Gasteiger partial charge in [0.1, 0.15) is 5.82 Å². The van der Waals surface area contributed by atoms with Crippen LogP contribution < -0.4 is 10.6 Å². The van der Waals surface area contributed by atoms with Crippen molar-refractivity contribution in [2.24, 2.45) is 0 Å². The van der Waals surface area contributed by atoms with Crippen molar-refractivity contribution >= 4 is 44.9 Å². The first-order valence-electron chi connectivity index (χ1n) is 7.34. The summed E-state index contributed by atoms with van der Waals surface area (Å²) in [6.07, 6.45) is 1.68. The van der Waals surface area contributed by atoms with Gasteiger partial charge in [-0.3, -0.25) is 4.79 Å². The second-order valence-electron chi connectivity index (χ2n) is 5.16. The molecule has 5 nitrogen and oxygen atoms in total. The normalized spacial score (nSPS) is 10.2. The number of Topliss-reactive ketones (excluding diaryl/α,β-unsaturated/α-hetero) is 1.